The molecule has 0 aliphatic carbocycles. The summed E-state index contributed by atoms with van der Waals surface area (Å²) < 4.78 is 0. The Labute approximate surface area is 118 Å². The normalized spacial score (nSPS) is 11.5. The van der Waals surface area contributed by atoms with E-state index in [0.717, 1.165) is 0 Å². The predicted molar refractivity (Wildman–Crippen MR) is 74.7 cm³/mol. The molecule has 1 atom stereocenters. The van der Waals surface area contributed by atoms with Crippen LogP contribution in [0.3, 0.4) is 0 Å². The molecule has 2 N–H and O–H groups in total. The maximum Gasteiger partial charge on any atom is 0.336 e. The molecule has 0 fully saturated rings. The third kappa shape index (κ3) is 3.35. The fourth-order valence-electron chi connectivity index (χ4n) is 2.04. The maximum atomic E-state index is 12.3. The van der Waals surface area contributed by atoms with Gasteiger partial charge in [0.1, 0.15) is 0 Å². The van der Waals surface area contributed by atoms with Gasteiger partial charge in [-0.1, -0.05) is 19.1 Å². The first-order chi connectivity index (χ1) is 9.42. The van der Waals surface area contributed by atoms with Gasteiger partial charge in [-0.05, 0) is 31.4 Å². The number of carbonyl (C=O) groups excluding carboxylic acids is 1. The number of hydrogen-bond donors (Lipinski definition) is 2. The van der Waals surface area contributed by atoms with Gasteiger partial charge in [0.25, 0.3) is 5.91 Å². The number of carboxylic acids is 1. The van der Waals surface area contributed by atoms with E-state index in [0.29, 0.717) is 17.5 Å². The zero-order valence-electron chi connectivity index (χ0n) is 11.9. The molecule has 1 rings (SSSR count). The van der Waals surface area contributed by atoms with E-state index in [1.54, 1.807) is 26.0 Å². The molecule has 0 saturated carbocycles. The van der Waals surface area contributed by atoms with Crippen LogP contribution in [0.4, 0.5) is 0 Å². The number of benzene rings is 1. The van der Waals surface area contributed by atoms with E-state index in [1.165, 1.54) is 0 Å². The molecule has 0 heterocycles. The minimum atomic E-state index is -1.12. The van der Waals surface area contributed by atoms with Crippen LogP contribution in [0.25, 0.3) is 0 Å². The number of hydrogen-bond acceptors (Lipinski definition) is 3. The number of carboxylic acid groups (broad SMARTS) is 1. The Morgan fingerprint density at radius 2 is 1.85 bits per heavy atom. The summed E-state index contributed by atoms with van der Waals surface area (Å²) in [6.07, 6.45) is 0.822. The zero-order chi connectivity index (χ0) is 15.3. The van der Waals surface area contributed by atoms with Crippen LogP contribution in [0.2, 0.25) is 0 Å². The van der Waals surface area contributed by atoms with Gasteiger partial charge in [-0.3, -0.25) is 4.79 Å². The van der Waals surface area contributed by atoms with Crippen LogP contribution in [0.1, 0.15) is 51.6 Å². The number of amides is 1. The number of rotatable bonds is 5. The highest BCUT2D eigenvalue weighted by Crippen LogP contribution is 2.19. The lowest BCUT2D eigenvalue weighted by molar-refractivity contribution is 0.0689. The van der Waals surface area contributed by atoms with Gasteiger partial charge in [-0.15, -0.1) is 0 Å². The van der Waals surface area contributed by atoms with Crippen molar-refractivity contribution in [2.24, 2.45) is 0 Å². The summed E-state index contributed by atoms with van der Waals surface area (Å²) >= 11 is 0. The van der Waals surface area contributed by atoms with E-state index < -0.39 is 11.9 Å². The number of nitrogens with one attached hydrogen (secondary N) is 1. The number of aromatic carboxylic acids is 1. The molecule has 5 heteroatoms. The van der Waals surface area contributed by atoms with Crippen LogP contribution in [-0.4, -0.2) is 23.0 Å². The fourth-order valence-corrected chi connectivity index (χ4v) is 2.04. The van der Waals surface area contributed by atoms with Crippen LogP contribution in [0.15, 0.2) is 12.1 Å². The van der Waals surface area contributed by atoms with Crippen molar-refractivity contribution in [3.05, 3.63) is 34.4 Å². The van der Waals surface area contributed by atoms with Gasteiger partial charge in [0.2, 0.25) is 0 Å². The van der Waals surface area contributed by atoms with Crippen LogP contribution in [0, 0.1) is 25.2 Å². The first-order valence-electron chi connectivity index (χ1n) is 6.43. The van der Waals surface area contributed by atoms with Crippen LogP contribution in [0.5, 0.6) is 0 Å². The van der Waals surface area contributed by atoms with Crippen LogP contribution >= 0.6 is 0 Å². The molecule has 0 radical (unpaired) electrons. The molecule has 1 aromatic rings. The van der Waals surface area contributed by atoms with Gasteiger partial charge in [0.05, 0.1) is 23.6 Å². The Morgan fingerprint density at radius 3 is 2.30 bits per heavy atom. The smallest absolute Gasteiger partial charge is 0.336 e. The number of nitriles is 1. The Kier molecular flexibility index (Phi) is 5.27. The van der Waals surface area contributed by atoms with E-state index in [9.17, 15) is 14.7 Å². The molecule has 0 aliphatic rings. The van der Waals surface area contributed by atoms with Crippen molar-refractivity contribution < 1.29 is 14.7 Å². The molecule has 5 nitrogen and oxygen atoms in total. The molecule has 1 amide bonds. The van der Waals surface area contributed by atoms with E-state index in [1.807, 2.05) is 13.0 Å². The van der Waals surface area contributed by atoms with Crippen molar-refractivity contribution in [2.75, 3.05) is 0 Å². The average Bonchev–Trinajstić information content (AvgIpc) is 2.39. The summed E-state index contributed by atoms with van der Waals surface area (Å²) in [5, 5.41) is 20.7. The van der Waals surface area contributed by atoms with Gasteiger partial charge in [-0.2, -0.15) is 5.26 Å². The molecule has 0 aliphatic heterocycles. The summed E-state index contributed by atoms with van der Waals surface area (Å²) in [6.45, 7) is 5.22. The SMILES string of the molecule is CCC(CC#N)NC(=O)c1c(C)ccc(C)c1C(=O)O. The molecule has 106 valence electrons. The fraction of sp³-hybridized carbons (Fsp3) is 0.400. The summed E-state index contributed by atoms with van der Waals surface area (Å²) in [7, 11) is 0. The van der Waals surface area contributed by atoms with Crippen LogP contribution < -0.4 is 5.32 Å². The lowest BCUT2D eigenvalue weighted by Crippen LogP contribution is -2.35. The van der Waals surface area contributed by atoms with Crippen molar-refractivity contribution in [1.29, 1.82) is 5.26 Å². The highest BCUT2D eigenvalue weighted by atomic mass is 16.4. The molecule has 0 saturated heterocycles. The van der Waals surface area contributed by atoms with Gasteiger partial charge in [-0.25, -0.2) is 4.79 Å². The van der Waals surface area contributed by atoms with E-state index in [2.05, 4.69) is 5.32 Å². The summed E-state index contributed by atoms with van der Waals surface area (Å²) in [5.41, 5.74) is 1.35. The van der Waals surface area contributed by atoms with E-state index in [-0.39, 0.29) is 23.6 Å². The van der Waals surface area contributed by atoms with Crippen molar-refractivity contribution in [1.82, 2.24) is 5.32 Å². The predicted octanol–water partition coefficient (Wildman–Crippen LogP) is 2.42. The Bertz CT molecular complexity index is 573. The molecule has 0 spiro atoms. The highest BCUT2D eigenvalue weighted by molar-refractivity contribution is 6.06. The molecule has 20 heavy (non-hydrogen) atoms. The first-order valence-corrected chi connectivity index (χ1v) is 6.43. The second-order valence-corrected chi connectivity index (χ2v) is 4.70. The topological polar surface area (TPSA) is 90.2 Å². The third-order valence-electron chi connectivity index (χ3n) is 3.23. The van der Waals surface area contributed by atoms with Gasteiger partial charge in [0.15, 0.2) is 0 Å². The van der Waals surface area contributed by atoms with Crippen molar-refractivity contribution in [3.8, 4) is 6.07 Å². The maximum absolute atomic E-state index is 12.3. The second-order valence-electron chi connectivity index (χ2n) is 4.70. The van der Waals surface area contributed by atoms with Crippen molar-refractivity contribution in [3.63, 3.8) is 0 Å². The third-order valence-corrected chi connectivity index (χ3v) is 3.23. The molecule has 1 aromatic carbocycles. The highest BCUT2D eigenvalue weighted by Gasteiger charge is 2.22. The quantitative estimate of drug-likeness (QED) is 0.862. The van der Waals surface area contributed by atoms with Gasteiger partial charge >= 0.3 is 5.97 Å². The Morgan fingerprint density at radius 1 is 1.30 bits per heavy atom. The molecule has 0 aromatic heterocycles. The largest absolute Gasteiger partial charge is 0.478 e. The van der Waals surface area contributed by atoms with Crippen molar-refractivity contribution >= 4 is 11.9 Å². The molecular formula is C15H18N2O3. The number of carbonyl (C=O) groups is 2. The molecule has 0 bridgehead atoms. The minimum Gasteiger partial charge on any atom is -0.478 e. The first kappa shape index (κ1) is 15.7. The summed E-state index contributed by atoms with van der Waals surface area (Å²) in [4.78, 5) is 23.7. The summed E-state index contributed by atoms with van der Waals surface area (Å²) in [5.74, 6) is -1.56. The summed E-state index contributed by atoms with van der Waals surface area (Å²) in [6, 6.07) is 5.15. The van der Waals surface area contributed by atoms with Gasteiger partial charge in [0, 0.05) is 6.04 Å². The monoisotopic (exact) mass is 274 g/mol. The lowest BCUT2D eigenvalue weighted by atomic mass is 9.96. The standard InChI is InChI=1S/C15H18N2O3/c1-4-11(7-8-16)17-14(18)12-9(2)5-6-10(3)13(12)15(19)20/h5-6,11H,4,7H2,1-3H3,(H,17,18)(H,19,20). The Hall–Kier alpha value is -2.35. The van der Waals surface area contributed by atoms with Crippen LogP contribution in [-0.2, 0) is 0 Å². The Balaban J connectivity index is 3.19. The molecule has 1 unspecified atom stereocenters. The minimum absolute atomic E-state index is 0.0225. The van der Waals surface area contributed by atoms with Crippen molar-refractivity contribution in [2.45, 2.75) is 39.7 Å². The van der Waals surface area contributed by atoms with E-state index >= 15 is 0 Å². The lowest BCUT2D eigenvalue weighted by Gasteiger charge is -2.17. The van der Waals surface area contributed by atoms with Gasteiger partial charge < -0.3 is 10.4 Å². The molecular weight excluding hydrogens is 256 g/mol. The van der Waals surface area contributed by atoms with E-state index in [4.69, 9.17) is 5.26 Å². The number of nitrogens with zero attached hydrogens (tertiary/aromatic N) is 1. The zero-order valence-corrected chi connectivity index (χ0v) is 11.9. The average molecular weight is 274 g/mol. The second kappa shape index (κ2) is 6.71. The number of aryl methyl sites for hydroxylation is 2.